The Morgan fingerprint density at radius 3 is 2.74 bits per heavy atom. The molecule has 0 spiro atoms. The zero-order valence-corrected chi connectivity index (χ0v) is 11.6. The Morgan fingerprint density at radius 2 is 2.21 bits per heavy atom. The molecule has 19 heavy (non-hydrogen) atoms. The smallest absolute Gasteiger partial charge is 0.408 e. The Hall–Kier alpha value is -1.43. The van der Waals surface area contributed by atoms with Crippen molar-refractivity contribution in [2.45, 2.75) is 32.4 Å². The highest BCUT2D eigenvalue weighted by Crippen LogP contribution is 2.20. The van der Waals surface area contributed by atoms with Crippen LogP contribution in [0, 0.1) is 5.95 Å². The summed E-state index contributed by atoms with van der Waals surface area (Å²) >= 11 is 5.67. The lowest BCUT2D eigenvalue weighted by Crippen LogP contribution is -2.36. The molecular formula is C12H15ClF2N2O2. The van der Waals surface area contributed by atoms with E-state index >= 15 is 0 Å². The second kappa shape index (κ2) is 6.14. The van der Waals surface area contributed by atoms with E-state index in [1.54, 1.807) is 20.8 Å². The molecule has 0 unspecified atom stereocenters. The van der Waals surface area contributed by atoms with Crippen molar-refractivity contribution >= 4 is 17.7 Å². The van der Waals surface area contributed by atoms with Crippen molar-refractivity contribution in [3.63, 3.8) is 0 Å². The largest absolute Gasteiger partial charge is 0.444 e. The quantitative estimate of drug-likeness (QED) is 0.869. The molecule has 1 atom stereocenters. The van der Waals surface area contributed by atoms with Crippen LogP contribution in [0.4, 0.5) is 13.6 Å². The molecular weight excluding hydrogens is 278 g/mol. The van der Waals surface area contributed by atoms with Crippen LogP contribution in [0.2, 0.25) is 5.02 Å². The average molecular weight is 293 g/mol. The zero-order chi connectivity index (χ0) is 14.6. The van der Waals surface area contributed by atoms with Gasteiger partial charge in [0.2, 0.25) is 5.95 Å². The Labute approximate surface area is 115 Å². The summed E-state index contributed by atoms with van der Waals surface area (Å²) in [5.41, 5.74) is -0.850. The molecule has 0 aliphatic rings. The number of rotatable bonds is 3. The van der Waals surface area contributed by atoms with Crippen molar-refractivity contribution in [1.29, 1.82) is 0 Å². The third-order valence-corrected chi connectivity index (χ3v) is 2.26. The second-order valence-electron chi connectivity index (χ2n) is 4.89. The van der Waals surface area contributed by atoms with Crippen LogP contribution in [0.5, 0.6) is 0 Å². The van der Waals surface area contributed by atoms with E-state index in [1.165, 1.54) is 6.07 Å². The lowest BCUT2D eigenvalue weighted by molar-refractivity contribution is 0.0494. The van der Waals surface area contributed by atoms with E-state index in [9.17, 15) is 13.6 Å². The van der Waals surface area contributed by atoms with Crippen LogP contribution in [0.3, 0.4) is 0 Å². The minimum Gasteiger partial charge on any atom is -0.444 e. The number of aromatic nitrogens is 1. The van der Waals surface area contributed by atoms with Gasteiger partial charge in [0, 0.05) is 11.8 Å². The molecule has 0 aromatic carbocycles. The summed E-state index contributed by atoms with van der Waals surface area (Å²) in [6.45, 7) is 3.99. The summed E-state index contributed by atoms with van der Waals surface area (Å²) in [6, 6.07) is 0.0203. The molecule has 0 radical (unpaired) electrons. The maximum Gasteiger partial charge on any atom is 0.408 e. The highest BCUT2D eigenvalue weighted by atomic mass is 35.5. The molecule has 4 nitrogen and oxygen atoms in total. The van der Waals surface area contributed by atoms with Gasteiger partial charge in [-0.1, -0.05) is 11.6 Å². The molecule has 1 rings (SSSR count). The number of carbonyl (C=O) groups excluding carboxylic acids is 1. The number of nitrogens with one attached hydrogen (secondary N) is 1. The predicted octanol–water partition coefficient (Wildman–Crippen LogP) is 3.41. The minimum atomic E-state index is -1.19. The highest BCUT2D eigenvalue weighted by molar-refractivity contribution is 6.30. The normalized spacial score (nSPS) is 12.9. The van der Waals surface area contributed by atoms with Gasteiger partial charge >= 0.3 is 6.09 Å². The number of pyridine rings is 1. The van der Waals surface area contributed by atoms with Crippen LogP contribution in [0.25, 0.3) is 0 Å². The molecule has 0 fully saturated rings. The van der Waals surface area contributed by atoms with E-state index in [0.717, 1.165) is 6.20 Å². The minimum absolute atomic E-state index is 0.124. The van der Waals surface area contributed by atoms with Crippen LogP contribution in [0.1, 0.15) is 32.4 Å². The summed E-state index contributed by atoms with van der Waals surface area (Å²) in [7, 11) is 0. The molecule has 7 heteroatoms. The van der Waals surface area contributed by atoms with Crippen molar-refractivity contribution in [3.05, 3.63) is 28.8 Å². The standard InChI is InChI=1S/C12H15ClF2N2O2/c1-12(2,3)19-11(18)17-9(5-14)8-4-7(13)6-16-10(8)15/h4,6,9H,5H2,1-3H3,(H,17,18)/t9-/m0/s1. The molecule has 1 amide bonds. The molecule has 106 valence electrons. The van der Waals surface area contributed by atoms with Crippen molar-refractivity contribution in [1.82, 2.24) is 10.3 Å². The fourth-order valence-corrected chi connectivity index (χ4v) is 1.50. The summed E-state index contributed by atoms with van der Waals surface area (Å²) in [5.74, 6) is -0.886. The van der Waals surface area contributed by atoms with Gasteiger partial charge in [-0.15, -0.1) is 0 Å². The first-order valence-corrected chi connectivity index (χ1v) is 5.97. The van der Waals surface area contributed by atoms with E-state index in [-0.39, 0.29) is 10.6 Å². The Balaban J connectivity index is 2.84. The molecule has 1 aromatic heterocycles. The summed E-state index contributed by atoms with van der Waals surface area (Å²) in [4.78, 5) is 14.9. The fourth-order valence-electron chi connectivity index (χ4n) is 1.33. The third kappa shape index (κ3) is 4.98. The Morgan fingerprint density at radius 1 is 1.58 bits per heavy atom. The van der Waals surface area contributed by atoms with Gasteiger partial charge in [0.15, 0.2) is 0 Å². The molecule has 1 N–H and O–H groups in total. The van der Waals surface area contributed by atoms with Crippen LogP contribution in [0.15, 0.2) is 12.3 Å². The number of ether oxygens (including phenoxy) is 1. The maximum absolute atomic E-state index is 13.5. The summed E-state index contributed by atoms with van der Waals surface area (Å²) < 4.78 is 31.4. The third-order valence-electron chi connectivity index (χ3n) is 2.05. The number of alkyl carbamates (subject to hydrolysis) is 1. The summed E-state index contributed by atoms with van der Waals surface area (Å²) in [6.07, 6.45) is 0.262. The van der Waals surface area contributed by atoms with E-state index < -0.39 is 30.4 Å². The van der Waals surface area contributed by atoms with Gasteiger partial charge in [0.25, 0.3) is 0 Å². The van der Waals surface area contributed by atoms with Gasteiger partial charge < -0.3 is 10.1 Å². The van der Waals surface area contributed by atoms with Gasteiger partial charge in [-0.3, -0.25) is 0 Å². The molecule has 0 saturated carbocycles. The summed E-state index contributed by atoms with van der Waals surface area (Å²) in [5, 5.41) is 2.39. The lowest BCUT2D eigenvalue weighted by Gasteiger charge is -2.22. The zero-order valence-electron chi connectivity index (χ0n) is 10.8. The number of carbonyl (C=O) groups is 1. The van der Waals surface area contributed by atoms with Crippen molar-refractivity contribution < 1.29 is 18.3 Å². The number of alkyl halides is 1. The van der Waals surface area contributed by atoms with Crippen LogP contribution < -0.4 is 5.32 Å². The fraction of sp³-hybridized carbons (Fsp3) is 0.500. The van der Waals surface area contributed by atoms with Gasteiger partial charge in [-0.2, -0.15) is 4.39 Å². The molecule has 0 bridgehead atoms. The van der Waals surface area contributed by atoms with Crippen molar-refractivity contribution in [2.24, 2.45) is 0 Å². The van der Waals surface area contributed by atoms with E-state index in [4.69, 9.17) is 16.3 Å². The molecule has 1 heterocycles. The Kier molecular flexibility index (Phi) is 5.05. The van der Waals surface area contributed by atoms with E-state index in [2.05, 4.69) is 10.3 Å². The van der Waals surface area contributed by atoms with Crippen molar-refractivity contribution in [3.8, 4) is 0 Å². The van der Waals surface area contributed by atoms with Crippen molar-refractivity contribution in [2.75, 3.05) is 6.67 Å². The SMILES string of the molecule is CC(C)(C)OC(=O)N[C@@H](CF)c1cc(Cl)cnc1F. The van der Waals surface area contributed by atoms with E-state index in [1.807, 2.05) is 0 Å². The first kappa shape index (κ1) is 15.6. The molecule has 0 aliphatic carbocycles. The second-order valence-corrected chi connectivity index (χ2v) is 5.32. The number of hydrogen-bond acceptors (Lipinski definition) is 3. The van der Waals surface area contributed by atoms with Crippen LogP contribution in [-0.4, -0.2) is 23.4 Å². The monoisotopic (exact) mass is 292 g/mol. The molecule has 0 aliphatic heterocycles. The predicted molar refractivity (Wildman–Crippen MR) is 67.3 cm³/mol. The topological polar surface area (TPSA) is 51.2 Å². The first-order valence-electron chi connectivity index (χ1n) is 5.59. The van der Waals surface area contributed by atoms with Crippen LogP contribution >= 0.6 is 11.6 Å². The Bertz CT molecular complexity index is 464. The number of amides is 1. The van der Waals surface area contributed by atoms with Crippen LogP contribution in [-0.2, 0) is 4.74 Å². The molecule has 0 saturated heterocycles. The van der Waals surface area contributed by atoms with Gasteiger partial charge in [0.1, 0.15) is 12.3 Å². The number of hydrogen-bond donors (Lipinski definition) is 1. The highest BCUT2D eigenvalue weighted by Gasteiger charge is 2.23. The number of nitrogens with zero attached hydrogens (tertiary/aromatic N) is 1. The van der Waals surface area contributed by atoms with Gasteiger partial charge in [-0.05, 0) is 26.8 Å². The van der Waals surface area contributed by atoms with Gasteiger partial charge in [0.05, 0.1) is 11.1 Å². The van der Waals surface area contributed by atoms with Gasteiger partial charge in [-0.25, -0.2) is 14.2 Å². The number of halogens is 3. The average Bonchev–Trinajstić information content (AvgIpc) is 2.27. The first-order chi connectivity index (χ1) is 8.73. The lowest BCUT2D eigenvalue weighted by atomic mass is 10.1. The van der Waals surface area contributed by atoms with E-state index in [0.29, 0.717) is 0 Å². The molecule has 1 aromatic rings. The maximum atomic E-state index is 13.5.